The third kappa shape index (κ3) is 9.51. The van der Waals surface area contributed by atoms with E-state index in [4.69, 9.17) is 10.1 Å². The molecule has 0 aliphatic carbocycles. The van der Waals surface area contributed by atoms with Crippen molar-refractivity contribution in [1.29, 1.82) is 0 Å². The molecule has 0 saturated carbocycles. The van der Waals surface area contributed by atoms with Gasteiger partial charge in [0.25, 0.3) is 0 Å². The zero-order valence-corrected chi connectivity index (χ0v) is 4.91. The third-order valence-electron chi connectivity index (χ3n) is 0.400. The standard InChI is InChI=1S/C3H3N3.H2N2O2/c1-4-2-6-3-5-1;1-2(3)4/h1-3H;1H2. The van der Waals surface area contributed by atoms with E-state index in [1.807, 2.05) is 0 Å². The summed E-state index contributed by atoms with van der Waals surface area (Å²) in [6, 6.07) is 0. The van der Waals surface area contributed by atoms with Gasteiger partial charge in [-0.15, -0.1) is 0 Å². The minimum atomic E-state index is -1.00. The van der Waals surface area contributed by atoms with Crippen LogP contribution in [-0.4, -0.2) is 20.0 Å². The van der Waals surface area contributed by atoms with Crippen LogP contribution < -0.4 is 5.84 Å². The first-order valence-electron chi connectivity index (χ1n) is 2.17. The highest BCUT2D eigenvalue weighted by molar-refractivity contribution is 4.51. The summed E-state index contributed by atoms with van der Waals surface area (Å²) in [4.78, 5) is 19.3. The molecule has 1 aromatic rings. The Labute approximate surface area is 56.1 Å². The Morgan fingerprint density at radius 1 is 1.20 bits per heavy atom. The summed E-state index contributed by atoms with van der Waals surface area (Å²) in [7, 11) is 0. The highest BCUT2D eigenvalue weighted by Gasteiger charge is 1.59. The molecule has 0 radical (unpaired) electrons. The molecule has 0 aliphatic heterocycles. The lowest BCUT2D eigenvalue weighted by Gasteiger charge is -1.69. The van der Waals surface area contributed by atoms with Crippen LogP contribution in [0.2, 0.25) is 0 Å². The van der Waals surface area contributed by atoms with Crippen molar-refractivity contribution < 1.29 is 5.03 Å². The first-order valence-corrected chi connectivity index (χ1v) is 2.17. The van der Waals surface area contributed by atoms with Crippen molar-refractivity contribution in [2.75, 3.05) is 0 Å². The molecule has 0 aliphatic rings. The molecule has 1 heterocycles. The van der Waals surface area contributed by atoms with E-state index in [2.05, 4.69) is 20.8 Å². The van der Waals surface area contributed by atoms with Crippen LogP contribution in [0, 0.1) is 10.1 Å². The Hall–Kier alpha value is -1.79. The van der Waals surface area contributed by atoms with Gasteiger partial charge in [0.1, 0.15) is 19.0 Å². The fourth-order valence-corrected chi connectivity index (χ4v) is 0.205. The van der Waals surface area contributed by atoms with Gasteiger partial charge >= 0.3 is 0 Å². The molecule has 1 aromatic heterocycles. The maximum Gasteiger partial charge on any atom is 0.154 e. The second-order valence-electron chi connectivity index (χ2n) is 1.08. The van der Waals surface area contributed by atoms with E-state index in [0.717, 1.165) is 0 Å². The van der Waals surface area contributed by atoms with E-state index in [1.54, 1.807) is 0 Å². The van der Waals surface area contributed by atoms with E-state index in [9.17, 15) is 0 Å². The topological polar surface area (TPSA) is 108 Å². The molecule has 1 rings (SSSR count). The second-order valence-corrected chi connectivity index (χ2v) is 1.08. The third-order valence-corrected chi connectivity index (χ3v) is 0.400. The molecule has 0 atom stereocenters. The molecular weight excluding hydrogens is 138 g/mol. The van der Waals surface area contributed by atoms with Gasteiger partial charge in [-0.05, 0) is 0 Å². The molecule has 7 nitrogen and oxygen atoms in total. The normalized spacial score (nSPS) is 7.20. The minimum absolute atomic E-state index is 1.00. The Bertz CT molecular complexity index is 147. The smallest absolute Gasteiger partial charge is 0.154 e. The molecular formula is C3H5N5O2. The van der Waals surface area contributed by atoms with E-state index < -0.39 is 5.03 Å². The number of nitrogens with two attached hydrogens (primary N) is 1. The van der Waals surface area contributed by atoms with Crippen molar-refractivity contribution in [3.63, 3.8) is 0 Å². The Morgan fingerprint density at radius 2 is 1.40 bits per heavy atom. The quantitative estimate of drug-likeness (QED) is 0.283. The number of nitrogens with zero attached hydrogens (tertiary/aromatic N) is 4. The molecule has 7 heteroatoms. The zero-order chi connectivity index (χ0) is 7.82. The summed E-state index contributed by atoms with van der Waals surface area (Å²) in [5.74, 6) is 3.83. The van der Waals surface area contributed by atoms with Crippen LogP contribution in [0.5, 0.6) is 0 Å². The lowest BCUT2D eigenvalue weighted by molar-refractivity contribution is -0.491. The predicted molar refractivity (Wildman–Crippen MR) is 31.0 cm³/mol. The van der Waals surface area contributed by atoms with Crippen molar-refractivity contribution in [1.82, 2.24) is 15.0 Å². The lowest BCUT2D eigenvalue weighted by Crippen LogP contribution is -2.04. The maximum absolute atomic E-state index is 8.58. The van der Waals surface area contributed by atoms with Crippen molar-refractivity contribution in [3.8, 4) is 0 Å². The largest absolute Gasteiger partial charge is 0.235 e. The van der Waals surface area contributed by atoms with Gasteiger partial charge in [-0.25, -0.2) is 25.1 Å². The van der Waals surface area contributed by atoms with Crippen LogP contribution >= 0.6 is 0 Å². The average molecular weight is 143 g/mol. The van der Waals surface area contributed by atoms with Crippen molar-refractivity contribution in [2.24, 2.45) is 5.84 Å². The zero-order valence-electron chi connectivity index (χ0n) is 4.91. The van der Waals surface area contributed by atoms with Crippen LogP contribution in [-0.2, 0) is 0 Å². The predicted octanol–water partition coefficient (Wildman–Crippen LogP) is -0.992. The van der Waals surface area contributed by atoms with Crippen LogP contribution in [0.1, 0.15) is 0 Å². The van der Waals surface area contributed by atoms with Gasteiger partial charge in [-0.1, -0.05) is 0 Å². The minimum Gasteiger partial charge on any atom is -0.235 e. The molecule has 0 bridgehead atoms. The number of aromatic nitrogens is 3. The van der Waals surface area contributed by atoms with Gasteiger partial charge in [-0.2, -0.15) is 5.84 Å². The molecule has 0 unspecified atom stereocenters. The molecule has 54 valence electrons. The van der Waals surface area contributed by atoms with Crippen LogP contribution in [0.3, 0.4) is 0 Å². The van der Waals surface area contributed by atoms with Gasteiger partial charge in [0, 0.05) is 0 Å². The van der Waals surface area contributed by atoms with E-state index >= 15 is 0 Å². The van der Waals surface area contributed by atoms with E-state index in [-0.39, 0.29) is 0 Å². The number of hydrogen-bond donors (Lipinski definition) is 1. The van der Waals surface area contributed by atoms with Crippen LogP contribution in [0.4, 0.5) is 0 Å². The Kier molecular flexibility index (Phi) is 4.39. The fourth-order valence-electron chi connectivity index (χ4n) is 0.205. The summed E-state index contributed by atoms with van der Waals surface area (Å²) >= 11 is 0. The monoisotopic (exact) mass is 143 g/mol. The SMILES string of the molecule is N[N+](=O)[O-].c1ncncn1. The summed E-state index contributed by atoms with van der Waals surface area (Å²) in [5, 5.41) is 7.58. The van der Waals surface area contributed by atoms with Gasteiger partial charge in [0.2, 0.25) is 0 Å². The molecule has 2 N–H and O–H groups in total. The lowest BCUT2D eigenvalue weighted by atomic mass is 11.1. The van der Waals surface area contributed by atoms with E-state index in [1.165, 1.54) is 19.0 Å². The number of rotatable bonds is 0. The maximum atomic E-state index is 8.58. The first kappa shape index (κ1) is 8.21. The van der Waals surface area contributed by atoms with Crippen LogP contribution in [0.25, 0.3) is 0 Å². The molecule has 0 saturated heterocycles. The Morgan fingerprint density at radius 3 is 1.50 bits per heavy atom. The molecule has 10 heavy (non-hydrogen) atoms. The number of hydrazine groups is 1. The second kappa shape index (κ2) is 5.35. The summed E-state index contributed by atoms with van der Waals surface area (Å²) < 4.78 is 0. The van der Waals surface area contributed by atoms with Gasteiger partial charge in [-0.3, -0.25) is 0 Å². The van der Waals surface area contributed by atoms with Gasteiger partial charge < -0.3 is 0 Å². The molecule has 0 spiro atoms. The highest BCUT2D eigenvalue weighted by atomic mass is 16.7. The number of nitro groups is 1. The molecule has 0 aromatic carbocycles. The highest BCUT2D eigenvalue weighted by Crippen LogP contribution is 1.57. The Balaban J connectivity index is 0.000000180. The summed E-state index contributed by atoms with van der Waals surface area (Å²) in [6.07, 6.45) is 4.31. The van der Waals surface area contributed by atoms with Gasteiger partial charge in [0.05, 0.1) is 0 Å². The van der Waals surface area contributed by atoms with Crippen molar-refractivity contribution in [2.45, 2.75) is 0 Å². The average Bonchev–Trinajstić information content (AvgIpc) is 1.90. The van der Waals surface area contributed by atoms with Crippen LogP contribution in [0.15, 0.2) is 19.0 Å². The molecule has 0 amide bonds. The van der Waals surface area contributed by atoms with Gasteiger partial charge in [0.15, 0.2) is 5.03 Å². The number of hydrogen-bond acceptors (Lipinski definition) is 5. The molecule has 0 fully saturated rings. The summed E-state index contributed by atoms with van der Waals surface area (Å²) in [6.45, 7) is 0. The fraction of sp³-hybridized carbons (Fsp3) is 0. The van der Waals surface area contributed by atoms with Crippen molar-refractivity contribution in [3.05, 3.63) is 29.1 Å². The summed E-state index contributed by atoms with van der Waals surface area (Å²) in [5.41, 5.74) is 0. The first-order chi connectivity index (χ1) is 4.73. The van der Waals surface area contributed by atoms with Crippen molar-refractivity contribution >= 4 is 0 Å². The van der Waals surface area contributed by atoms with E-state index in [0.29, 0.717) is 0 Å².